The van der Waals surface area contributed by atoms with E-state index in [0.717, 1.165) is 30.5 Å². The first kappa shape index (κ1) is 23.7. The Labute approximate surface area is 191 Å². The lowest BCUT2D eigenvalue weighted by Gasteiger charge is -2.31. The van der Waals surface area contributed by atoms with Crippen LogP contribution in [0.2, 0.25) is 0 Å². The number of nitrogens with zero attached hydrogens (tertiary/aromatic N) is 1. The van der Waals surface area contributed by atoms with Gasteiger partial charge in [-0.25, -0.2) is 4.79 Å². The highest BCUT2D eigenvalue weighted by Gasteiger charge is 2.30. The molecule has 0 radical (unpaired) electrons. The van der Waals surface area contributed by atoms with Crippen LogP contribution in [-0.4, -0.2) is 35.7 Å². The number of aliphatic hydroxyl groups excluding tert-OH is 1. The van der Waals surface area contributed by atoms with Crippen molar-refractivity contribution in [1.82, 2.24) is 4.90 Å². The Bertz CT molecular complexity index is 915. The minimum atomic E-state index is -0.510. The van der Waals surface area contributed by atoms with Crippen molar-refractivity contribution in [3.05, 3.63) is 108 Å². The van der Waals surface area contributed by atoms with E-state index >= 15 is 0 Å². The second kappa shape index (κ2) is 12.8. The van der Waals surface area contributed by atoms with E-state index in [1.165, 1.54) is 5.56 Å². The molecule has 0 saturated heterocycles. The first-order valence-corrected chi connectivity index (χ1v) is 11.4. The van der Waals surface area contributed by atoms with Gasteiger partial charge in [-0.3, -0.25) is 4.90 Å². The summed E-state index contributed by atoms with van der Waals surface area (Å²) < 4.78 is 5.94. The molecule has 4 nitrogen and oxygen atoms in total. The second-order valence-electron chi connectivity index (χ2n) is 8.01. The molecule has 0 aromatic heterocycles. The van der Waals surface area contributed by atoms with E-state index in [9.17, 15) is 9.90 Å². The van der Waals surface area contributed by atoms with Gasteiger partial charge < -0.3 is 9.84 Å². The van der Waals surface area contributed by atoms with Gasteiger partial charge in [-0.2, -0.15) is 0 Å². The summed E-state index contributed by atoms with van der Waals surface area (Å²) in [5.41, 5.74) is 3.17. The van der Waals surface area contributed by atoms with Crippen LogP contribution in [0.4, 0.5) is 0 Å². The topological polar surface area (TPSA) is 49.8 Å². The molecule has 3 aromatic carbocycles. The Morgan fingerprint density at radius 1 is 0.812 bits per heavy atom. The summed E-state index contributed by atoms with van der Waals surface area (Å²) in [6, 6.07) is 29.5. The minimum absolute atomic E-state index is 0.0894. The second-order valence-corrected chi connectivity index (χ2v) is 8.01. The normalized spacial score (nSPS) is 13.0. The largest absolute Gasteiger partial charge is 0.456 e. The van der Waals surface area contributed by atoms with Crippen molar-refractivity contribution in [1.29, 1.82) is 0 Å². The number of carbonyl (C=O) groups excluding carboxylic acids is 1. The molecule has 0 saturated carbocycles. The lowest BCUT2D eigenvalue weighted by Crippen LogP contribution is -2.37. The molecule has 168 valence electrons. The van der Waals surface area contributed by atoms with Gasteiger partial charge in [0.15, 0.2) is 0 Å². The molecule has 0 aliphatic carbocycles. The highest BCUT2D eigenvalue weighted by molar-refractivity contribution is 5.78. The molecule has 0 fully saturated rings. The number of rotatable bonds is 12. The van der Waals surface area contributed by atoms with Crippen LogP contribution < -0.4 is 0 Å². The predicted octanol–water partition coefficient (Wildman–Crippen LogP) is 5.35. The molecule has 0 heterocycles. The van der Waals surface area contributed by atoms with Gasteiger partial charge in [-0.1, -0.05) is 91.0 Å². The molecule has 0 spiro atoms. The van der Waals surface area contributed by atoms with Gasteiger partial charge in [0.2, 0.25) is 0 Å². The van der Waals surface area contributed by atoms with Crippen LogP contribution in [-0.2, 0) is 16.0 Å². The van der Waals surface area contributed by atoms with E-state index in [1.807, 2.05) is 85.8 Å². The summed E-state index contributed by atoms with van der Waals surface area (Å²) in [6.07, 6.45) is 2.13. The van der Waals surface area contributed by atoms with Crippen LogP contribution in [0.3, 0.4) is 0 Å². The number of aryl methyl sites for hydroxylation is 1. The van der Waals surface area contributed by atoms with Crippen LogP contribution in [0, 0.1) is 0 Å². The molecular weight excluding hydrogens is 398 g/mol. The lowest BCUT2D eigenvalue weighted by molar-refractivity contribution is -0.155. The van der Waals surface area contributed by atoms with E-state index in [0.29, 0.717) is 13.0 Å². The molecule has 0 aliphatic rings. The highest BCUT2D eigenvalue weighted by Crippen LogP contribution is 2.27. The predicted molar refractivity (Wildman–Crippen MR) is 128 cm³/mol. The first-order chi connectivity index (χ1) is 15.7. The average Bonchev–Trinajstić information content (AvgIpc) is 2.84. The van der Waals surface area contributed by atoms with Gasteiger partial charge in [0.1, 0.15) is 12.1 Å². The molecule has 2 atom stereocenters. The van der Waals surface area contributed by atoms with E-state index in [4.69, 9.17) is 4.74 Å². The smallest absolute Gasteiger partial charge is 0.328 e. The summed E-state index contributed by atoms with van der Waals surface area (Å²) in [5, 5.41) is 9.46. The molecular formula is C28H33NO3. The van der Waals surface area contributed by atoms with Crippen molar-refractivity contribution in [2.24, 2.45) is 0 Å². The monoisotopic (exact) mass is 431 g/mol. The summed E-state index contributed by atoms with van der Waals surface area (Å²) >= 11 is 0. The highest BCUT2D eigenvalue weighted by atomic mass is 16.5. The number of hydrogen-bond acceptors (Lipinski definition) is 4. The van der Waals surface area contributed by atoms with Gasteiger partial charge in [-0.15, -0.1) is 0 Å². The van der Waals surface area contributed by atoms with Gasteiger partial charge in [0, 0.05) is 13.2 Å². The fourth-order valence-corrected chi connectivity index (χ4v) is 3.94. The molecule has 0 bridgehead atoms. The van der Waals surface area contributed by atoms with Crippen molar-refractivity contribution < 1.29 is 14.6 Å². The zero-order valence-electron chi connectivity index (χ0n) is 18.8. The Hall–Kier alpha value is -2.95. The lowest BCUT2D eigenvalue weighted by atomic mass is 10.0. The molecule has 0 unspecified atom stereocenters. The molecule has 1 N–H and O–H groups in total. The van der Waals surface area contributed by atoms with Crippen molar-refractivity contribution in [3.63, 3.8) is 0 Å². The van der Waals surface area contributed by atoms with E-state index in [2.05, 4.69) is 17.0 Å². The Kier molecular flexibility index (Phi) is 9.48. The van der Waals surface area contributed by atoms with Crippen LogP contribution in [0.15, 0.2) is 91.0 Å². The maximum absolute atomic E-state index is 13.4. The van der Waals surface area contributed by atoms with Crippen LogP contribution in [0.25, 0.3) is 0 Å². The SMILES string of the molecule is C[C@H](OC(=O)[C@@H](c1ccccc1)N(CCCO)CCCc1ccccc1)c1ccccc1. The molecule has 0 aliphatic heterocycles. The van der Waals surface area contributed by atoms with E-state index in [-0.39, 0.29) is 18.7 Å². The molecule has 32 heavy (non-hydrogen) atoms. The number of esters is 1. The minimum Gasteiger partial charge on any atom is -0.456 e. The Morgan fingerprint density at radius 2 is 1.34 bits per heavy atom. The van der Waals surface area contributed by atoms with Crippen molar-refractivity contribution in [2.75, 3.05) is 19.7 Å². The third-order valence-corrected chi connectivity index (χ3v) is 5.62. The number of ether oxygens (including phenoxy) is 1. The van der Waals surface area contributed by atoms with E-state index in [1.54, 1.807) is 0 Å². The summed E-state index contributed by atoms with van der Waals surface area (Å²) in [4.78, 5) is 15.6. The van der Waals surface area contributed by atoms with Crippen LogP contribution in [0.1, 0.15) is 48.6 Å². The van der Waals surface area contributed by atoms with E-state index < -0.39 is 6.04 Å². The molecule has 3 aromatic rings. The van der Waals surface area contributed by atoms with Gasteiger partial charge in [0.05, 0.1) is 0 Å². The fraction of sp³-hybridized carbons (Fsp3) is 0.321. The summed E-state index contributed by atoms with van der Waals surface area (Å²) in [6.45, 7) is 3.36. The number of hydrogen-bond donors (Lipinski definition) is 1. The third kappa shape index (κ3) is 7.04. The molecule has 0 amide bonds. The Balaban J connectivity index is 1.77. The standard InChI is InChI=1S/C28H33NO3/c1-23(25-16-7-3-8-17-25)32-28(31)27(26-18-9-4-10-19-26)29(21-12-22-30)20-11-15-24-13-5-2-6-14-24/h2-10,13-14,16-19,23,27,30H,11-12,15,20-22H2,1H3/t23-,27+/m0/s1. The zero-order chi connectivity index (χ0) is 22.6. The zero-order valence-corrected chi connectivity index (χ0v) is 18.8. The van der Waals surface area contributed by atoms with Crippen LogP contribution in [0.5, 0.6) is 0 Å². The quantitative estimate of drug-likeness (QED) is 0.393. The summed E-state index contributed by atoms with van der Waals surface area (Å²) in [7, 11) is 0. The van der Waals surface area contributed by atoms with Gasteiger partial charge in [0.25, 0.3) is 0 Å². The summed E-state index contributed by atoms with van der Waals surface area (Å²) in [5.74, 6) is -0.259. The number of aliphatic hydroxyl groups is 1. The fourth-order valence-electron chi connectivity index (χ4n) is 3.94. The average molecular weight is 432 g/mol. The third-order valence-electron chi connectivity index (χ3n) is 5.62. The van der Waals surface area contributed by atoms with Crippen molar-refractivity contribution in [2.45, 2.75) is 38.3 Å². The number of carbonyl (C=O) groups is 1. The van der Waals surface area contributed by atoms with Crippen LogP contribution >= 0.6 is 0 Å². The van der Waals surface area contributed by atoms with Crippen molar-refractivity contribution >= 4 is 5.97 Å². The maximum atomic E-state index is 13.4. The maximum Gasteiger partial charge on any atom is 0.328 e. The van der Waals surface area contributed by atoms with Crippen molar-refractivity contribution in [3.8, 4) is 0 Å². The molecule has 4 heteroatoms. The number of benzene rings is 3. The van der Waals surface area contributed by atoms with Gasteiger partial charge in [-0.05, 0) is 49.4 Å². The first-order valence-electron chi connectivity index (χ1n) is 11.4. The Morgan fingerprint density at radius 3 is 1.94 bits per heavy atom. The molecule has 3 rings (SSSR count). The van der Waals surface area contributed by atoms with Gasteiger partial charge >= 0.3 is 5.97 Å².